The van der Waals surface area contributed by atoms with Gasteiger partial charge in [-0.2, -0.15) is 0 Å². The second-order valence-electron chi connectivity index (χ2n) is 4.08. The van der Waals surface area contributed by atoms with Crippen molar-refractivity contribution in [3.05, 3.63) is 47.5 Å². The number of hydrogen-bond acceptors (Lipinski definition) is 3. The number of benzene rings is 1. The minimum absolute atomic E-state index is 0.209. The van der Waals surface area contributed by atoms with Crippen molar-refractivity contribution < 1.29 is 14.7 Å². The van der Waals surface area contributed by atoms with Crippen LogP contribution in [0.5, 0.6) is 0 Å². The van der Waals surface area contributed by atoms with Gasteiger partial charge >= 0.3 is 5.97 Å². The monoisotopic (exact) mass is 313 g/mol. The van der Waals surface area contributed by atoms with E-state index in [-0.39, 0.29) is 24.7 Å². The Morgan fingerprint density at radius 1 is 1.45 bits per heavy atom. The van der Waals surface area contributed by atoms with Crippen molar-refractivity contribution in [2.75, 3.05) is 18.8 Å². The molecule has 1 N–H and O–H groups in total. The highest BCUT2D eigenvalue weighted by Gasteiger charge is 2.15. The quantitative estimate of drug-likeness (QED) is 0.750. The van der Waals surface area contributed by atoms with E-state index in [2.05, 4.69) is 6.58 Å². The van der Waals surface area contributed by atoms with Gasteiger partial charge < -0.3 is 10.0 Å². The van der Waals surface area contributed by atoms with Gasteiger partial charge in [0.25, 0.3) is 0 Å². The summed E-state index contributed by atoms with van der Waals surface area (Å²) in [5.74, 6) is -0.353. The van der Waals surface area contributed by atoms with E-state index in [1.54, 1.807) is 6.07 Å². The molecule has 1 amide bonds. The first-order valence-corrected chi connectivity index (χ1v) is 7.49. The van der Waals surface area contributed by atoms with Crippen LogP contribution >= 0.6 is 23.4 Å². The standard InChI is InChI=1S/C14H16ClNO3S/c1-2-6-16(8-14(18)19)13(17)10-20-9-11-4-3-5-12(15)7-11/h2-5,7H,1,6,8-10H2,(H,18,19). The van der Waals surface area contributed by atoms with Crippen LogP contribution in [0.2, 0.25) is 5.02 Å². The van der Waals surface area contributed by atoms with Crippen LogP contribution in [-0.2, 0) is 15.3 Å². The number of rotatable bonds is 8. The average Bonchev–Trinajstić information content (AvgIpc) is 2.37. The van der Waals surface area contributed by atoms with Crippen molar-refractivity contribution in [2.24, 2.45) is 0 Å². The molecule has 6 heteroatoms. The maximum absolute atomic E-state index is 11.9. The zero-order valence-electron chi connectivity index (χ0n) is 10.9. The number of aliphatic carboxylic acids is 1. The number of carboxylic acids is 1. The van der Waals surface area contributed by atoms with Crippen molar-refractivity contribution in [1.29, 1.82) is 0 Å². The van der Waals surface area contributed by atoms with Crippen LogP contribution in [0.15, 0.2) is 36.9 Å². The average molecular weight is 314 g/mol. The molecule has 0 aliphatic carbocycles. The van der Waals surface area contributed by atoms with Crippen molar-refractivity contribution in [3.63, 3.8) is 0 Å². The molecule has 0 spiro atoms. The molecule has 0 heterocycles. The number of carbonyl (C=O) groups excluding carboxylic acids is 1. The number of carboxylic acid groups (broad SMARTS) is 1. The highest BCUT2D eigenvalue weighted by atomic mass is 35.5. The number of amides is 1. The highest BCUT2D eigenvalue weighted by Crippen LogP contribution is 2.16. The summed E-state index contributed by atoms with van der Waals surface area (Å²) in [5.41, 5.74) is 1.03. The molecule has 1 aromatic carbocycles. The van der Waals surface area contributed by atoms with E-state index in [0.29, 0.717) is 10.8 Å². The number of halogens is 1. The Balaban J connectivity index is 2.44. The molecular formula is C14H16ClNO3S. The number of nitrogens with zero attached hydrogens (tertiary/aromatic N) is 1. The zero-order valence-corrected chi connectivity index (χ0v) is 12.5. The molecule has 0 unspecified atom stereocenters. The van der Waals surface area contributed by atoms with E-state index in [1.807, 2.05) is 18.2 Å². The first kappa shape index (κ1) is 16.6. The first-order valence-electron chi connectivity index (χ1n) is 5.95. The lowest BCUT2D eigenvalue weighted by Crippen LogP contribution is -2.36. The lowest BCUT2D eigenvalue weighted by Gasteiger charge is -2.18. The third kappa shape index (κ3) is 6.12. The van der Waals surface area contributed by atoms with E-state index in [4.69, 9.17) is 16.7 Å². The molecule has 1 aromatic rings. The van der Waals surface area contributed by atoms with Crippen LogP contribution in [0.3, 0.4) is 0 Å². The summed E-state index contributed by atoms with van der Waals surface area (Å²) in [5, 5.41) is 9.40. The second kappa shape index (κ2) is 8.66. The molecule has 0 atom stereocenters. The van der Waals surface area contributed by atoms with E-state index < -0.39 is 5.97 Å². The summed E-state index contributed by atoms with van der Waals surface area (Å²) in [6.45, 7) is 3.46. The molecule has 0 aliphatic rings. The fraction of sp³-hybridized carbons (Fsp3) is 0.286. The van der Waals surface area contributed by atoms with E-state index in [9.17, 15) is 9.59 Å². The second-order valence-corrected chi connectivity index (χ2v) is 5.50. The third-order valence-electron chi connectivity index (χ3n) is 2.41. The van der Waals surface area contributed by atoms with Crippen LogP contribution in [0, 0.1) is 0 Å². The van der Waals surface area contributed by atoms with Crippen LogP contribution in [-0.4, -0.2) is 40.7 Å². The third-order valence-corrected chi connectivity index (χ3v) is 3.64. The predicted octanol–water partition coefficient (Wildman–Crippen LogP) is 2.67. The molecule has 0 aliphatic heterocycles. The first-order chi connectivity index (χ1) is 9.52. The van der Waals surface area contributed by atoms with Gasteiger partial charge in [0.15, 0.2) is 0 Å². The van der Waals surface area contributed by atoms with Crippen LogP contribution in [0.25, 0.3) is 0 Å². The van der Waals surface area contributed by atoms with E-state index >= 15 is 0 Å². The van der Waals surface area contributed by atoms with Gasteiger partial charge in [0.05, 0.1) is 5.75 Å². The van der Waals surface area contributed by atoms with Crippen molar-refractivity contribution in [3.8, 4) is 0 Å². The van der Waals surface area contributed by atoms with Crippen molar-refractivity contribution in [2.45, 2.75) is 5.75 Å². The van der Waals surface area contributed by atoms with Crippen LogP contribution in [0.4, 0.5) is 0 Å². The Morgan fingerprint density at radius 2 is 2.20 bits per heavy atom. The lowest BCUT2D eigenvalue weighted by molar-refractivity contribution is -0.143. The molecule has 0 aromatic heterocycles. The van der Waals surface area contributed by atoms with Gasteiger partial charge in [0, 0.05) is 17.3 Å². The van der Waals surface area contributed by atoms with Gasteiger partial charge in [-0.25, -0.2) is 0 Å². The Labute approximate surface area is 127 Å². The SMILES string of the molecule is C=CCN(CC(=O)O)C(=O)CSCc1cccc(Cl)c1. The molecule has 0 radical (unpaired) electrons. The zero-order chi connectivity index (χ0) is 15.0. The maximum atomic E-state index is 11.9. The summed E-state index contributed by atoms with van der Waals surface area (Å²) < 4.78 is 0. The summed E-state index contributed by atoms with van der Waals surface area (Å²) in [6.07, 6.45) is 1.52. The van der Waals surface area contributed by atoms with E-state index in [1.165, 1.54) is 22.7 Å². The van der Waals surface area contributed by atoms with Gasteiger partial charge in [0.1, 0.15) is 6.54 Å². The molecule has 20 heavy (non-hydrogen) atoms. The Bertz CT molecular complexity index is 493. The predicted molar refractivity (Wildman–Crippen MR) is 82.0 cm³/mol. The number of carbonyl (C=O) groups is 2. The largest absolute Gasteiger partial charge is 0.480 e. The van der Waals surface area contributed by atoms with Crippen LogP contribution in [0.1, 0.15) is 5.56 Å². The van der Waals surface area contributed by atoms with Crippen LogP contribution < -0.4 is 0 Å². The fourth-order valence-electron chi connectivity index (χ4n) is 1.55. The summed E-state index contributed by atoms with van der Waals surface area (Å²) in [4.78, 5) is 23.8. The molecule has 108 valence electrons. The van der Waals surface area contributed by atoms with Gasteiger partial charge in [-0.05, 0) is 17.7 Å². The molecule has 0 fully saturated rings. The highest BCUT2D eigenvalue weighted by molar-refractivity contribution is 7.99. The molecule has 0 bridgehead atoms. The molecule has 1 rings (SSSR count). The molecule has 0 saturated carbocycles. The Kier molecular flexibility index (Phi) is 7.18. The van der Waals surface area contributed by atoms with Crippen molar-refractivity contribution >= 4 is 35.2 Å². The maximum Gasteiger partial charge on any atom is 0.323 e. The minimum atomic E-state index is -1.03. The smallest absolute Gasteiger partial charge is 0.323 e. The summed E-state index contributed by atoms with van der Waals surface area (Å²) in [7, 11) is 0. The van der Waals surface area contributed by atoms with Gasteiger partial charge in [0.2, 0.25) is 5.91 Å². The normalized spacial score (nSPS) is 10.1. The Hall–Kier alpha value is -1.46. The topological polar surface area (TPSA) is 57.6 Å². The summed E-state index contributed by atoms with van der Waals surface area (Å²) in [6, 6.07) is 7.42. The minimum Gasteiger partial charge on any atom is -0.480 e. The van der Waals surface area contributed by atoms with Crippen molar-refractivity contribution in [1.82, 2.24) is 4.90 Å². The molecule has 0 saturated heterocycles. The number of hydrogen-bond donors (Lipinski definition) is 1. The summed E-state index contributed by atoms with van der Waals surface area (Å²) >= 11 is 7.30. The van der Waals surface area contributed by atoms with Gasteiger partial charge in [-0.15, -0.1) is 18.3 Å². The Morgan fingerprint density at radius 3 is 2.80 bits per heavy atom. The van der Waals surface area contributed by atoms with E-state index in [0.717, 1.165) is 5.56 Å². The molecule has 4 nitrogen and oxygen atoms in total. The lowest BCUT2D eigenvalue weighted by atomic mass is 10.2. The molecular weight excluding hydrogens is 298 g/mol. The van der Waals surface area contributed by atoms with Gasteiger partial charge in [-0.1, -0.05) is 29.8 Å². The number of thioether (sulfide) groups is 1. The fourth-order valence-corrected chi connectivity index (χ4v) is 2.64. The van der Waals surface area contributed by atoms with Gasteiger partial charge in [-0.3, -0.25) is 9.59 Å².